The summed E-state index contributed by atoms with van der Waals surface area (Å²) in [6.45, 7) is 2.15. The van der Waals surface area contributed by atoms with E-state index < -0.39 is 20.0 Å². The molecule has 0 atom stereocenters. The van der Waals surface area contributed by atoms with Crippen LogP contribution in [0.15, 0.2) is 34.1 Å². The summed E-state index contributed by atoms with van der Waals surface area (Å²) < 4.78 is 49.9. The van der Waals surface area contributed by atoms with Crippen LogP contribution in [-0.2, 0) is 20.0 Å². The summed E-state index contributed by atoms with van der Waals surface area (Å²) >= 11 is 0. The second kappa shape index (κ2) is 6.04. The lowest BCUT2D eigenvalue weighted by atomic mass is 9.88. The van der Waals surface area contributed by atoms with Crippen LogP contribution in [0.2, 0.25) is 0 Å². The van der Waals surface area contributed by atoms with Crippen molar-refractivity contribution in [1.29, 1.82) is 0 Å². The van der Waals surface area contributed by atoms with Crippen molar-refractivity contribution in [3.05, 3.63) is 24.3 Å². The number of hydrogen-bond acceptors (Lipinski definition) is 4. The Bertz CT molecular complexity index is 705. The molecular formula is C13H20N2O4S2. The van der Waals surface area contributed by atoms with Crippen LogP contribution in [0, 0.1) is 5.92 Å². The van der Waals surface area contributed by atoms with Gasteiger partial charge in [0.1, 0.15) is 0 Å². The number of hydrogen-bond donors (Lipinski definition) is 2. The van der Waals surface area contributed by atoms with Crippen molar-refractivity contribution in [3.63, 3.8) is 0 Å². The Hall–Kier alpha value is -0.960. The van der Waals surface area contributed by atoms with E-state index >= 15 is 0 Å². The molecule has 0 amide bonds. The molecule has 1 aromatic carbocycles. The first-order valence-electron chi connectivity index (χ1n) is 6.84. The summed E-state index contributed by atoms with van der Waals surface area (Å²) in [5, 5.41) is 5.03. The van der Waals surface area contributed by atoms with Crippen molar-refractivity contribution in [2.24, 2.45) is 11.1 Å². The lowest BCUT2D eigenvalue weighted by Gasteiger charge is -2.26. The monoisotopic (exact) mass is 332 g/mol. The summed E-state index contributed by atoms with van der Waals surface area (Å²) in [5.74, 6) is 0.622. The van der Waals surface area contributed by atoms with Crippen LogP contribution in [0.5, 0.6) is 0 Å². The highest BCUT2D eigenvalue weighted by molar-refractivity contribution is 7.90. The van der Waals surface area contributed by atoms with Crippen LogP contribution in [0.25, 0.3) is 0 Å². The van der Waals surface area contributed by atoms with Gasteiger partial charge in [0, 0.05) is 6.04 Å². The molecule has 21 heavy (non-hydrogen) atoms. The summed E-state index contributed by atoms with van der Waals surface area (Å²) in [4.78, 5) is -0.282. The van der Waals surface area contributed by atoms with Gasteiger partial charge in [0.15, 0.2) is 0 Å². The molecule has 3 N–H and O–H groups in total. The molecule has 118 valence electrons. The van der Waals surface area contributed by atoms with Crippen LogP contribution < -0.4 is 9.86 Å². The molecule has 2 rings (SSSR count). The molecule has 1 aliphatic rings. The largest absolute Gasteiger partial charge is 0.240 e. The van der Waals surface area contributed by atoms with Crippen LogP contribution in [0.1, 0.15) is 32.6 Å². The molecule has 0 unspecified atom stereocenters. The Balaban J connectivity index is 2.20. The van der Waals surface area contributed by atoms with Gasteiger partial charge >= 0.3 is 0 Å². The second-order valence-electron chi connectivity index (χ2n) is 5.60. The van der Waals surface area contributed by atoms with E-state index in [0.29, 0.717) is 5.92 Å². The average Bonchev–Trinajstić information content (AvgIpc) is 2.40. The van der Waals surface area contributed by atoms with Crippen LogP contribution >= 0.6 is 0 Å². The van der Waals surface area contributed by atoms with Gasteiger partial charge in [0.05, 0.1) is 9.79 Å². The third kappa shape index (κ3) is 4.26. The first-order valence-corrected chi connectivity index (χ1v) is 9.86. The van der Waals surface area contributed by atoms with Gasteiger partial charge in [0.2, 0.25) is 20.0 Å². The van der Waals surface area contributed by atoms with Crippen molar-refractivity contribution in [3.8, 4) is 0 Å². The zero-order valence-electron chi connectivity index (χ0n) is 11.8. The molecule has 0 heterocycles. The lowest BCUT2D eigenvalue weighted by Crippen LogP contribution is -2.37. The maximum absolute atomic E-state index is 12.3. The van der Waals surface area contributed by atoms with E-state index in [1.165, 1.54) is 18.2 Å². The second-order valence-corrected chi connectivity index (χ2v) is 8.87. The fourth-order valence-corrected chi connectivity index (χ4v) is 4.47. The Labute approximate surface area is 125 Å². The maximum Gasteiger partial charge on any atom is 0.240 e. The topological polar surface area (TPSA) is 106 Å². The summed E-state index contributed by atoms with van der Waals surface area (Å²) in [6, 6.07) is 5.00. The zero-order chi connectivity index (χ0) is 15.7. The Morgan fingerprint density at radius 2 is 1.62 bits per heavy atom. The minimum absolute atomic E-state index is 0.0763. The SMILES string of the molecule is CC1CCC(NS(=O)(=O)c2cccc(S(N)(=O)=O)c2)CC1. The van der Waals surface area contributed by atoms with E-state index in [4.69, 9.17) is 5.14 Å². The molecule has 1 fully saturated rings. The van der Waals surface area contributed by atoms with Gasteiger partial charge in [-0.3, -0.25) is 0 Å². The highest BCUT2D eigenvalue weighted by atomic mass is 32.2. The molecule has 0 radical (unpaired) electrons. The van der Waals surface area contributed by atoms with E-state index in [9.17, 15) is 16.8 Å². The quantitative estimate of drug-likeness (QED) is 0.863. The van der Waals surface area contributed by atoms with Crippen LogP contribution in [0.4, 0.5) is 0 Å². The fraction of sp³-hybridized carbons (Fsp3) is 0.538. The Kier molecular flexibility index (Phi) is 4.72. The highest BCUT2D eigenvalue weighted by Crippen LogP contribution is 2.25. The molecule has 1 saturated carbocycles. The summed E-state index contributed by atoms with van der Waals surface area (Å²) in [7, 11) is -7.65. The van der Waals surface area contributed by atoms with Gasteiger partial charge in [-0.1, -0.05) is 13.0 Å². The summed E-state index contributed by atoms with van der Waals surface area (Å²) in [5.41, 5.74) is 0. The van der Waals surface area contributed by atoms with Crippen molar-refractivity contribution in [2.45, 2.75) is 48.4 Å². The van der Waals surface area contributed by atoms with Gasteiger partial charge in [0.25, 0.3) is 0 Å². The third-order valence-electron chi connectivity index (χ3n) is 3.78. The molecule has 0 spiro atoms. The highest BCUT2D eigenvalue weighted by Gasteiger charge is 2.24. The van der Waals surface area contributed by atoms with Gasteiger partial charge in [-0.2, -0.15) is 0 Å². The van der Waals surface area contributed by atoms with Crippen LogP contribution in [-0.4, -0.2) is 22.9 Å². The molecule has 1 aliphatic carbocycles. The van der Waals surface area contributed by atoms with E-state index in [1.807, 2.05) is 0 Å². The van der Waals surface area contributed by atoms with Gasteiger partial charge in [-0.25, -0.2) is 26.7 Å². The molecule has 0 saturated heterocycles. The standard InChI is InChI=1S/C13H20N2O4S2/c1-10-5-7-11(8-6-10)15-21(18,19)13-4-2-3-12(9-13)20(14,16)17/h2-4,9-11,15H,5-8H2,1H3,(H2,14,16,17). The zero-order valence-corrected chi connectivity index (χ0v) is 13.5. The molecule has 1 aromatic rings. The van der Waals surface area contributed by atoms with Crippen molar-refractivity contribution in [1.82, 2.24) is 4.72 Å². The van der Waals surface area contributed by atoms with E-state index in [1.54, 1.807) is 0 Å². The lowest BCUT2D eigenvalue weighted by molar-refractivity contribution is 0.332. The van der Waals surface area contributed by atoms with Gasteiger partial charge in [-0.05, 0) is 49.8 Å². The molecule has 0 bridgehead atoms. The molecule has 6 nitrogen and oxygen atoms in total. The Morgan fingerprint density at radius 3 is 2.19 bits per heavy atom. The van der Waals surface area contributed by atoms with Crippen molar-refractivity contribution in [2.75, 3.05) is 0 Å². The van der Waals surface area contributed by atoms with Crippen LogP contribution in [0.3, 0.4) is 0 Å². The number of primary sulfonamides is 1. The number of benzene rings is 1. The minimum Gasteiger partial charge on any atom is -0.225 e. The predicted molar refractivity (Wildman–Crippen MR) is 79.6 cm³/mol. The first kappa shape index (κ1) is 16.4. The number of nitrogens with one attached hydrogen (secondary N) is 1. The Morgan fingerprint density at radius 1 is 1.05 bits per heavy atom. The fourth-order valence-electron chi connectivity index (χ4n) is 2.48. The number of nitrogens with two attached hydrogens (primary N) is 1. The van der Waals surface area contributed by atoms with E-state index in [2.05, 4.69) is 11.6 Å². The minimum atomic E-state index is -3.92. The molecular weight excluding hydrogens is 312 g/mol. The average molecular weight is 332 g/mol. The summed E-state index contributed by atoms with van der Waals surface area (Å²) in [6.07, 6.45) is 3.58. The number of rotatable bonds is 4. The van der Waals surface area contributed by atoms with Crippen molar-refractivity contribution < 1.29 is 16.8 Å². The van der Waals surface area contributed by atoms with Gasteiger partial charge in [-0.15, -0.1) is 0 Å². The predicted octanol–water partition coefficient (Wildman–Crippen LogP) is 1.19. The normalized spacial score (nSPS) is 23.9. The van der Waals surface area contributed by atoms with E-state index in [-0.39, 0.29) is 15.8 Å². The molecule has 0 aliphatic heterocycles. The van der Waals surface area contributed by atoms with Crippen molar-refractivity contribution >= 4 is 20.0 Å². The molecule has 0 aromatic heterocycles. The van der Waals surface area contributed by atoms with E-state index in [0.717, 1.165) is 31.7 Å². The number of sulfonamides is 2. The van der Waals surface area contributed by atoms with Gasteiger partial charge < -0.3 is 0 Å². The maximum atomic E-state index is 12.3. The first-order chi connectivity index (χ1) is 9.68. The molecule has 8 heteroatoms. The smallest absolute Gasteiger partial charge is 0.225 e. The third-order valence-corrected chi connectivity index (χ3v) is 6.21.